The van der Waals surface area contributed by atoms with Gasteiger partial charge in [-0.2, -0.15) is 0 Å². The maximum atomic E-state index is 5.20. The molecule has 208 valence electrons. The van der Waals surface area contributed by atoms with E-state index in [0.717, 1.165) is 40.3 Å². The second-order valence-electron chi connectivity index (χ2n) is 10.9. The van der Waals surface area contributed by atoms with Gasteiger partial charge in [-0.05, 0) is 35.1 Å². The number of nitrogens with zero attached hydrogens (tertiary/aromatic N) is 5. The Kier molecular flexibility index (Phi) is 8.85. The van der Waals surface area contributed by atoms with Crippen molar-refractivity contribution in [3.8, 4) is 11.6 Å². The third kappa shape index (κ3) is 5.45. The van der Waals surface area contributed by atoms with Crippen LogP contribution in [0.25, 0.3) is 11.6 Å². The van der Waals surface area contributed by atoms with E-state index in [9.17, 15) is 0 Å². The van der Waals surface area contributed by atoms with Crippen molar-refractivity contribution in [2.24, 2.45) is 0 Å². The van der Waals surface area contributed by atoms with Crippen LogP contribution in [0.3, 0.4) is 0 Å². The zero-order valence-electron chi connectivity index (χ0n) is 24.6. The minimum atomic E-state index is 0. The fourth-order valence-electron chi connectivity index (χ4n) is 4.99. The van der Waals surface area contributed by atoms with Crippen LogP contribution in [-0.4, -0.2) is 19.1 Å². The molecule has 0 radical (unpaired) electrons. The third-order valence-corrected chi connectivity index (χ3v) is 7.55. The summed E-state index contributed by atoms with van der Waals surface area (Å²) in [4.78, 5) is 12.6. The first-order chi connectivity index (χ1) is 18.7. The van der Waals surface area contributed by atoms with Gasteiger partial charge in [-0.25, -0.2) is 0 Å². The second-order valence-corrected chi connectivity index (χ2v) is 10.9. The molecule has 5 rings (SSSR count). The molecule has 0 fully saturated rings. The Morgan fingerprint density at radius 1 is 0.625 bits per heavy atom. The van der Waals surface area contributed by atoms with Crippen molar-refractivity contribution in [3.63, 3.8) is 0 Å². The van der Waals surface area contributed by atoms with Gasteiger partial charge in [0.1, 0.15) is 11.6 Å². The summed E-state index contributed by atoms with van der Waals surface area (Å²) in [6.07, 6.45) is 6.69. The van der Waals surface area contributed by atoms with Crippen LogP contribution in [0.1, 0.15) is 73.2 Å². The largest absolute Gasteiger partial charge is 2.00 e. The Morgan fingerprint density at radius 2 is 1.02 bits per heavy atom. The van der Waals surface area contributed by atoms with Crippen LogP contribution in [0.4, 0.5) is 17.3 Å². The molecule has 0 saturated carbocycles. The molecule has 0 unspecified atom stereocenters. The zero-order valence-corrected chi connectivity index (χ0v) is 26.8. The van der Waals surface area contributed by atoms with Crippen molar-refractivity contribution >= 4 is 17.3 Å². The molecule has 0 aliphatic rings. The molecule has 0 bridgehead atoms. The van der Waals surface area contributed by atoms with Crippen LogP contribution in [0.15, 0.2) is 66.7 Å². The zero-order chi connectivity index (χ0) is 27.8. The van der Waals surface area contributed by atoms with Crippen molar-refractivity contribution in [3.05, 3.63) is 113 Å². The molecule has 4 aromatic heterocycles. The van der Waals surface area contributed by atoms with Crippen LogP contribution < -0.4 is 4.90 Å². The molecule has 0 aliphatic heterocycles. The van der Waals surface area contributed by atoms with E-state index in [1.807, 2.05) is 33.4 Å². The topological polar surface area (TPSA) is 38.9 Å². The van der Waals surface area contributed by atoms with E-state index < -0.39 is 0 Å². The predicted octanol–water partition coefficient (Wildman–Crippen LogP) is 8.61. The molecule has 1 aromatic carbocycles. The molecule has 0 N–H and O–H groups in total. The summed E-state index contributed by atoms with van der Waals surface area (Å²) in [5.41, 5.74) is 8.31. The van der Waals surface area contributed by atoms with Crippen LogP contribution in [0, 0.1) is 40.1 Å². The summed E-state index contributed by atoms with van der Waals surface area (Å²) in [5.74, 6) is 3.93. The number of aryl methyl sites for hydroxylation is 2. The van der Waals surface area contributed by atoms with Gasteiger partial charge in [-0.3, -0.25) is 14.9 Å². The summed E-state index contributed by atoms with van der Waals surface area (Å²) in [7, 11) is 0. The van der Waals surface area contributed by atoms with Crippen LogP contribution in [-0.2, 0) is 21.1 Å². The molecule has 0 saturated heterocycles. The average Bonchev–Trinajstić information content (AvgIpc) is 3.44. The van der Waals surface area contributed by atoms with Gasteiger partial charge >= 0.3 is 21.1 Å². The molecular formula is C34H37N5Pt. The molecule has 0 aliphatic carbocycles. The molecule has 0 spiro atoms. The summed E-state index contributed by atoms with van der Waals surface area (Å²) < 4.78 is 4.05. The molecule has 6 heteroatoms. The van der Waals surface area contributed by atoms with Gasteiger partial charge in [0, 0.05) is 0 Å². The number of hydrogen-bond acceptors (Lipinski definition) is 3. The molecule has 4 heterocycles. The molecule has 40 heavy (non-hydrogen) atoms. The standard InChI is InChI=1S/C34H37N5.Pt/c1-22(2)28-12-9-13-29(23(3)4)34(28)39(32-16-10-14-30(35-32)37-20-18-24(5)26(37)7)33-17-11-15-31(36-33)38-21-19-25(6)27(38)8;/h9-19,22-23H,1-8H3;/q-2;+2. The SMILES string of the molecule is Cc1c[c-]n(-c2cccc(N(c3cccc(-n4[c-]cc(C)c4C)n3)c3c(C(C)C)cccc3C(C)C)n2)c1C.[Pt+2]. The van der Waals surface area contributed by atoms with Crippen molar-refractivity contribution in [2.45, 2.75) is 67.2 Å². The summed E-state index contributed by atoms with van der Waals surface area (Å²) in [6, 6.07) is 23.0. The van der Waals surface area contributed by atoms with Crippen LogP contribution in [0.5, 0.6) is 0 Å². The average molecular weight is 711 g/mol. The smallest absolute Gasteiger partial charge is 0.433 e. The van der Waals surface area contributed by atoms with Gasteiger partial charge in [-0.15, -0.1) is 23.3 Å². The minimum Gasteiger partial charge on any atom is -0.433 e. The quantitative estimate of drug-likeness (QED) is 0.159. The number of para-hydroxylation sites is 1. The molecule has 0 atom stereocenters. The predicted molar refractivity (Wildman–Crippen MR) is 160 cm³/mol. The molecule has 5 nitrogen and oxygen atoms in total. The first-order valence-electron chi connectivity index (χ1n) is 13.7. The van der Waals surface area contributed by atoms with Gasteiger partial charge in [0.15, 0.2) is 0 Å². The number of aromatic nitrogens is 4. The number of hydrogen-bond donors (Lipinski definition) is 0. The van der Waals surface area contributed by atoms with Gasteiger partial charge in [0.25, 0.3) is 0 Å². The summed E-state index contributed by atoms with van der Waals surface area (Å²) in [6.45, 7) is 17.4. The van der Waals surface area contributed by atoms with Crippen molar-refractivity contribution in [1.82, 2.24) is 19.1 Å². The fourth-order valence-corrected chi connectivity index (χ4v) is 4.99. The van der Waals surface area contributed by atoms with E-state index in [4.69, 9.17) is 9.97 Å². The molecule has 5 aromatic rings. The van der Waals surface area contributed by atoms with E-state index in [1.54, 1.807) is 0 Å². The first kappa shape index (κ1) is 29.5. The summed E-state index contributed by atoms with van der Waals surface area (Å²) >= 11 is 0. The van der Waals surface area contributed by atoms with E-state index in [1.165, 1.54) is 22.3 Å². The Bertz CT molecular complexity index is 1510. The Labute approximate surface area is 253 Å². The summed E-state index contributed by atoms with van der Waals surface area (Å²) in [5, 5.41) is 0. The van der Waals surface area contributed by atoms with E-state index in [-0.39, 0.29) is 21.1 Å². The normalized spacial score (nSPS) is 11.2. The first-order valence-corrected chi connectivity index (χ1v) is 13.7. The van der Waals surface area contributed by atoms with Crippen molar-refractivity contribution in [1.29, 1.82) is 0 Å². The number of anilines is 3. The van der Waals surface area contributed by atoms with Crippen LogP contribution in [0.2, 0.25) is 0 Å². The second kappa shape index (κ2) is 12.0. The van der Waals surface area contributed by atoms with Gasteiger partial charge in [0.05, 0.1) is 17.3 Å². The monoisotopic (exact) mass is 710 g/mol. The Balaban J connectivity index is 0.00000370. The number of pyridine rings is 2. The Hall–Kier alpha value is -3.43. The fraction of sp³-hybridized carbons (Fsp3) is 0.294. The number of benzene rings is 1. The van der Waals surface area contributed by atoms with E-state index in [0.29, 0.717) is 11.8 Å². The van der Waals surface area contributed by atoms with E-state index in [2.05, 4.69) is 115 Å². The van der Waals surface area contributed by atoms with Crippen LogP contribution >= 0.6 is 0 Å². The van der Waals surface area contributed by atoms with Gasteiger partial charge < -0.3 is 9.13 Å². The molecule has 0 amide bonds. The maximum absolute atomic E-state index is 5.20. The third-order valence-electron chi connectivity index (χ3n) is 7.55. The van der Waals surface area contributed by atoms with Gasteiger partial charge in [-0.1, -0.05) is 122 Å². The van der Waals surface area contributed by atoms with Crippen molar-refractivity contribution in [2.75, 3.05) is 4.90 Å². The maximum Gasteiger partial charge on any atom is 2.00 e. The van der Waals surface area contributed by atoms with Gasteiger partial charge in [0.2, 0.25) is 0 Å². The van der Waals surface area contributed by atoms with E-state index >= 15 is 0 Å². The number of rotatable bonds is 7. The minimum absolute atomic E-state index is 0. The molecular weight excluding hydrogens is 673 g/mol. The van der Waals surface area contributed by atoms with Crippen molar-refractivity contribution < 1.29 is 21.1 Å². The Morgan fingerprint density at radius 3 is 1.38 bits per heavy atom.